The van der Waals surface area contributed by atoms with Gasteiger partial charge < -0.3 is 0 Å². The van der Waals surface area contributed by atoms with Gasteiger partial charge in [0.15, 0.2) is 0 Å². The van der Waals surface area contributed by atoms with E-state index in [0.29, 0.717) is 6.54 Å². The van der Waals surface area contributed by atoms with Crippen LogP contribution in [0.1, 0.15) is 31.9 Å². The standard InChI is InChI=1S/C12H16F3NO/c1-11(2,3)17-16-8-9-4-6-10(7-5-9)12(13,14)15/h4-7,16H,8H2,1-3H3. The zero-order valence-corrected chi connectivity index (χ0v) is 10.1. The molecule has 0 radical (unpaired) electrons. The molecular formula is C12H16F3NO. The Kier molecular flexibility index (Phi) is 4.16. The van der Waals surface area contributed by atoms with Gasteiger partial charge in [-0.15, -0.1) is 0 Å². The maximum Gasteiger partial charge on any atom is 0.416 e. The van der Waals surface area contributed by atoms with Crippen LogP contribution < -0.4 is 5.48 Å². The van der Waals surface area contributed by atoms with Gasteiger partial charge in [0.2, 0.25) is 0 Å². The first-order valence-electron chi connectivity index (χ1n) is 5.25. The van der Waals surface area contributed by atoms with Crippen LogP contribution in [-0.2, 0) is 17.6 Å². The van der Waals surface area contributed by atoms with Crippen molar-refractivity contribution in [1.29, 1.82) is 0 Å². The summed E-state index contributed by atoms with van der Waals surface area (Å²) in [6, 6.07) is 4.99. The minimum absolute atomic E-state index is 0.327. The molecular weight excluding hydrogens is 231 g/mol. The van der Waals surface area contributed by atoms with Gasteiger partial charge in [-0.05, 0) is 38.5 Å². The maximum atomic E-state index is 12.3. The lowest BCUT2D eigenvalue weighted by Crippen LogP contribution is -2.28. The third-order valence-electron chi connectivity index (χ3n) is 1.94. The monoisotopic (exact) mass is 247 g/mol. The van der Waals surface area contributed by atoms with Crippen LogP contribution in [0, 0.1) is 0 Å². The number of nitrogens with one attached hydrogen (secondary N) is 1. The molecule has 1 N–H and O–H groups in total. The van der Waals surface area contributed by atoms with E-state index in [1.54, 1.807) is 0 Å². The first-order valence-corrected chi connectivity index (χ1v) is 5.25. The Morgan fingerprint density at radius 3 is 2.00 bits per heavy atom. The highest BCUT2D eigenvalue weighted by atomic mass is 19.4. The number of hydrogen-bond donors (Lipinski definition) is 1. The van der Waals surface area contributed by atoms with Gasteiger partial charge in [-0.25, -0.2) is 0 Å². The van der Waals surface area contributed by atoms with Gasteiger partial charge in [-0.3, -0.25) is 4.84 Å². The number of benzene rings is 1. The number of halogens is 3. The van der Waals surface area contributed by atoms with Gasteiger partial charge in [0.25, 0.3) is 0 Å². The normalized spacial score (nSPS) is 12.8. The second-order valence-corrected chi connectivity index (χ2v) is 4.73. The maximum absolute atomic E-state index is 12.3. The second kappa shape index (κ2) is 5.06. The van der Waals surface area contributed by atoms with Gasteiger partial charge in [0, 0.05) is 6.54 Å². The molecule has 0 fully saturated rings. The molecule has 0 bridgehead atoms. The molecule has 0 amide bonds. The molecule has 0 saturated carbocycles. The van der Waals surface area contributed by atoms with Crippen molar-refractivity contribution in [2.45, 2.75) is 39.1 Å². The van der Waals surface area contributed by atoms with E-state index in [9.17, 15) is 13.2 Å². The number of hydrogen-bond acceptors (Lipinski definition) is 2. The van der Waals surface area contributed by atoms with Gasteiger partial charge in [-0.1, -0.05) is 12.1 Å². The first kappa shape index (κ1) is 14.0. The third kappa shape index (κ3) is 5.19. The van der Waals surface area contributed by atoms with Crippen molar-refractivity contribution in [3.05, 3.63) is 35.4 Å². The van der Waals surface area contributed by atoms with Gasteiger partial charge in [0.1, 0.15) is 0 Å². The van der Waals surface area contributed by atoms with E-state index in [-0.39, 0.29) is 5.60 Å². The summed E-state index contributed by atoms with van der Waals surface area (Å²) in [4.78, 5) is 5.26. The van der Waals surface area contributed by atoms with Crippen LogP contribution in [0.15, 0.2) is 24.3 Å². The highest BCUT2D eigenvalue weighted by molar-refractivity contribution is 5.24. The highest BCUT2D eigenvalue weighted by Gasteiger charge is 2.29. The fraction of sp³-hybridized carbons (Fsp3) is 0.500. The van der Waals surface area contributed by atoms with E-state index in [1.807, 2.05) is 20.8 Å². The van der Waals surface area contributed by atoms with Crippen LogP contribution in [0.3, 0.4) is 0 Å². The summed E-state index contributed by atoms with van der Waals surface area (Å²) >= 11 is 0. The predicted octanol–water partition coefficient (Wildman–Crippen LogP) is 3.53. The molecule has 0 aliphatic rings. The molecule has 96 valence electrons. The Balaban J connectivity index is 2.52. The van der Waals surface area contributed by atoms with Crippen LogP contribution in [-0.4, -0.2) is 5.60 Å². The van der Waals surface area contributed by atoms with Crippen molar-refractivity contribution < 1.29 is 18.0 Å². The van der Waals surface area contributed by atoms with Crippen molar-refractivity contribution in [1.82, 2.24) is 5.48 Å². The molecule has 0 aliphatic carbocycles. The number of hydroxylamine groups is 1. The summed E-state index contributed by atoms with van der Waals surface area (Å²) in [5, 5.41) is 0. The fourth-order valence-corrected chi connectivity index (χ4v) is 1.15. The quantitative estimate of drug-likeness (QED) is 0.825. The lowest BCUT2D eigenvalue weighted by Gasteiger charge is -2.19. The van der Waals surface area contributed by atoms with Crippen molar-refractivity contribution in [2.75, 3.05) is 0 Å². The molecule has 2 nitrogen and oxygen atoms in total. The van der Waals surface area contributed by atoms with Crippen LogP contribution in [0.2, 0.25) is 0 Å². The highest BCUT2D eigenvalue weighted by Crippen LogP contribution is 2.29. The van der Waals surface area contributed by atoms with E-state index < -0.39 is 11.7 Å². The molecule has 0 saturated heterocycles. The van der Waals surface area contributed by atoms with Gasteiger partial charge >= 0.3 is 6.18 Å². The summed E-state index contributed by atoms with van der Waals surface area (Å²) in [6.45, 7) is 6.02. The van der Waals surface area contributed by atoms with Crippen LogP contribution in [0.5, 0.6) is 0 Å². The Morgan fingerprint density at radius 1 is 1.06 bits per heavy atom. The van der Waals surface area contributed by atoms with Crippen LogP contribution in [0.25, 0.3) is 0 Å². The van der Waals surface area contributed by atoms with Crippen LogP contribution in [0.4, 0.5) is 13.2 Å². The predicted molar refractivity (Wildman–Crippen MR) is 59.1 cm³/mol. The largest absolute Gasteiger partial charge is 0.416 e. The molecule has 1 aromatic rings. The second-order valence-electron chi connectivity index (χ2n) is 4.73. The molecule has 1 aromatic carbocycles. The average molecular weight is 247 g/mol. The van der Waals surface area contributed by atoms with Crippen molar-refractivity contribution >= 4 is 0 Å². The van der Waals surface area contributed by atoms with Crippen molar-refractivity contribution in [3.63, 3.8) is 0 Å². The van der Waals surface area contributed by atoms with Crippen molar-refractivity contribution in [2.24, 2.45) is 0 Å². The van der Waals surface area contributed by atoms with E-state index in [4.69, 9.17) is 4.84 Å². The Hall–Kier alpha value is -1.07. The van der Waals surface area contributed by atoms with E-state index in [2.05, 4.69) is 5.48 Å². The lowest BCUT2D eigenvalue weighted by atomic mass is 10.1. The summed E-state index contributed by atoms with van der Waals surface area (Å²) in [5.74, 6) is 0. The molecule has 0 aromatic heterocycles. The molecule has 0 unspecified atom stereocenters. The molecule has 5 heteroatoms. The number of rotatable bonds is 3. The van der Waals surface area contributed by atoms with Crippen molar-refractivity contribution in [3.8, 4) is 0 Å². The smallest absolute Gasteiger partial charge is 0.296 e. The molecule has 1 rings (SSSR count). The summed E-state index contributed by atoms with van der Waals surface area (Å²) in [5.41, 5.74) is 2.49. The lowest BCUT2D eigenvalue weighted by molar-refractivity contribution is -0.137. The zero-order chi connectivity index (χ0) is 13.1. The SMILES string of the molecule is CC(C)(C)ONCc1ccc(C(F)(F)F)cc1. The molecule has 0 spiro atoms. The minimum Gasteiger partial charge on any atom is -0.296 e. The topological polar surface area (TPSA) is 21.3 Å². The molecule has 0 atom stereocenters. The van der Waals surface area contributed by atoms with E-state index in [0.717, 1.165) is 17.7 Å². The summed E-state index contributed by atoms with van der Waals surface area (Å²) < 4.78 is 36.9. The van der Waals surface area contributed by atoms with E-state index in [1.165, 1.54) is 12.1 Å². The Labute approximate surface area is 98.7 Å². The molecule has 0 heterocycles. The number of alkyl halides is 3. The summed E-state index contributed by atoms with van der Waals surface area (Å²) in [7, 11) is 0. The summed E-state index contributed by atoms with van der Waals surface area (Å²) in [6.07, 6.45) is -4.28. The molecule has 17 heavy (non-hydrogen) atoms. The minimum atomic E-state index is -4.28. The fourth-order valence-electron chi connectivity index (χ4n) is 1.15. The van der Waals surface area contributed by atoms with Gasteiger partial charge in [-0.2, -0.15) is 18.7 Å². The average Bonchev–Trinajstić information content (AvgIpc) is 2.15. The Bertz CT molecular complexity index is 351. The first-order chi connectivity index (χ1) is 7.68. The Morgan fingerprint density at radius 2 is 1.59 bits per heavy atom. The van der Waals surface area contributed by atoms with Crippen LogP contribution >= 0.6 is 0 Å². The third-order valence-corrected chi connectivity index (χ3v) is 1.94. The van der Waals surface area contributed by atoms with E-state index >= 15 is 0 Å². The zero-order valence-electron chi connectivity index (χ0n) is 10.1. The van der Waals surface area contributed by atoms with Gasteiger partial charge in [0.05, 0.1) is 11.2 Å². The molecule has 0 aliphatic heterocycles.